The van der Waals surface area contributed by atoms with Gasteiger partial charge in [0.25, 0.3) is 11.8 Å². The van der Waals surface area contributed by atoms with Crippen molar-refractivity contribution in [3.63, 3.8) is 0 Å². The van der Waals surface area contributed by atoms with Crippen LogP contribution in [0.2, 0.25) is 5.02 Å². The Morgan fingerprint density at radius 3 is 2.36 bits per heavy atom. The van der Waals surface area contributed by atoms with E-state index in [1.807, 2.05) is 0 Å². The minimum atomic E-state index is -3.84. The van der Waals surface area contributed by atoms with Crippen molar-refractivity contribution in [2.24, 2.45) is 0 Å². The van der Waals surface area contributed by atoms with Gasteiger partial charge in [-0.25, -0.2) is 8.42 Å². The summed E-state index contributed by atoms with van der Waals surface area (Å²) >= 11 is 6.08. The zero-order valence-electron chi connectivity index (χ0n) is 13.6. The van der Waals surface area contributed by atoms with E-state index in [-0.39, 0.29) is 22.6 Å². The molecule has 0 unspecified atom stereocenters. The highest BCUT2D eigenvalue weighted by atomic mass is 35.5. The highest BCUT2D eigenvalue weighted by Crippen LogP contribution is 2.27. The van der Waals surface area contributed by atoms with Crippen LogP contribution in [0.25, 0.3) is 0 Å². The molecule has 0 spiro atoms. The summed E-state index contributed by atoms with van der Waals surface area (Å²) in [6, 6.07) is 10.9. The Morgan fingerprint density at radius 1 is 1.04 bits per heavy atom. The molecule has 1 heterocycles. The molecule has 0 saturated heterocycles. The van der Waals surface area contributed by atoms with Gasteiger partial charge in [0.1, 0.15) is 0 Å². The molecule has 0 saturated carbocycles. The van der Waals surface area contributed by atoms with E-state index >= 15 is 0 Å². The maximum Gasteiger partial charge on any atom is 0.261 e. The lowest BCUT2D eigenvalue weighted by molar-refractivity contribution is 0.0693. The lowest BCUT2D eigenvalue weighted by Gasteiger charge is -2.18. The van der Waals surface area contributed by atoms with Crippen LogP contribution in [0.4, 0.5) is 0 Å². The Balaban J connectivity index is 1.95. The summed E-state index contributed by atoms with van der Waals surface area (Å²) < 4.78 is 26.7. The molecule has 0 N–H and O–H groups in total. The van der Waals surface area contributed by atoms with Crippen LogP contribution in [0.5, 0.6) is 0 Å². The maximum atomic E-state index is 12.8. The fourth-order valence-electron chi connectivity index (χ4n) is 2.63. The van der Waals surface area contributed by atoms with Gasteiger partial charge in [-0.05, 0) is 29.8 Å². The van der Waals surface area contributed by atoms with Gasteiger partial charge >= 0.3 is 0 Å². The molecule has 0 aliphatic carbocycles. The van der Waals surface area contributed by atoms with Gasteiger partial charge in [-0.15, -0.1) is 0 Å². The second-order valence-corrected chi connectivity index (χ2v) is 8.18. The monoisotopic (exact) mass is 378 g/mol. The topological polar surface area (TPSA) is 74.8 Å². The second-order valence-electron chi connectivity index (χ2n) is 5.73. The summed E-state index contributed by atoms with van der Waals surface area (Å²) in [7, 11) is -1.04. The first-order valence-electron chi connectivity index (χ1n) is 7.39. The number of halogens is 1. The lowest BCUT2D eigenvalue weighted by Crippen LogP contribution is -2.27. The molecule has 2 aromatic rings. The van der Waals surface area contributed by atoms with Crippen molar-refractivity contribution >= 4 is 33.4 Å². The zero-order chi connectivity index (χ0) is 18.4. The molecule has 2 aromatic carbocycles. The largest absolute Gasteiger partial charge is 0.277 e. The maximum absolute atomic E-state index is 12.8. The first-order valence-corrected chi connectivity index (χ1v) is 9.21. The molecule has 1 aliphatic rings. The summed E-state index contributed by atoms with van der Waals surface area (Å²) in [6.07, 6.45) is 0. The highest BCUT2D eigenvalue weighted by molar-refractivity contribution is 7.89. The van der Waals surface area contributed by atoms with Crippen LogP contribution in [0.3, 0.4) is 0 Å². The number of rotatable bonds is 4. The van der Waals surface area contributed by atoms with Crippen molar-refractivity contribution in [3.8, 4) is 0 Å². The molecule has 0 bridgehead atoms. The Hall–Kier alpha value is -2.22. The Kier molecular flexibility index (Phi) is 4.40. The van der Waals surface area contributed by atoms with Gasteiger partial charge in [0.2, 0.25) is 10.0 Å². The van der Waals surface area contributed by atoms with Crippen LogP contribution in [-0.2, 0) is 16.6 Å². The van der Waals surface area contributed by atoms with E-state index < -0.39 is 21.8 Å². The number of carbonyl (C=O) groups excluding carboxylic acids is 2. The Labute approximate surface area is 150 Å². The van der Waals surface area contributed by atoms with Crippen molar-refractivity contribution in [1.82, 2.24) is 9.21 Å². The second kappa shape index (κ2) is 6.25. The van der Waals surface area contributed by atoms with Gasteiger partial charge in [-0.3, -0.25) is 14.5 Å². The molecule has 130 valence electrons. The van der Waals surface area contributed by atoms with E-state index in [9.17, 15) is 18.0 Å². The Morgan fingerprint density at radius 2 is 1.68 bits per heavy atom. The number of sulfonamides is 1. The number of benzene rings is 2. The minimum absolute atomic E-state index is 0.0442. The van der Waals surface area contributed by atoms with Gasteiger partial charge in [0.05, 0.1) is 16.0 Å². The predicted molar refractivity (Wildman–Crippen MR) is 93.0 cm³/mol. The molecule has 0 aromatic heterocycles. The van der Waals surface area contributed by atoms with Crippen molar-refractivity contribution in [2.45, 2.75) is 11.4 Å². The smallest absolute Gasteiger partial charge is 0.261 e. The summed E-state index contributed by atoms with van der Waals surface area (Å²) in [4.78, 5) is 24.9. The van der Waals surface area contributed by atoms with E-state index in [1.54, 1.807) is 24.3 Å². The summed E-state index contributed by atoms with van der Waals surface area (Å²) in [6.45, 7) is 0.0892. The third kappa shape index (κ3) is 2.95. The molecule has 1 aliphatic heterocycles. The molecular formula is C17H15ClN2O4S. The fraction of sp³-hybridized carbons (Fsp3) is 0.176. The van der Waals surface area contributed by atoms with Crippen molar-refractivity contribution < 1.29 is 18.0 Å². The van der Waals surface area contributed by atoms with Crippen LogP contribution >= 0.6 is 11.6 Å². The first kappa shape index (κ1) is 17.6. The van der Waals surface area contributed by atoms with Crippen LogP contribution in [-0.4, -0.2) is 43.5 Å². The highest BCUT2D eigenvalue weighted by Gasteiger charge is 2.34. The van der Waals surface area contributed by atoms with Gasteiger partial charge < -0.3 is 0 Å². The van der Waals surface area contributed by atoms with E-state index in [2.05, 4.69) is 0 Å². The van der Waals surface area contributed by atoms with Crippen LogP contribution in [0, 0.1) is 0 Å². The molecule has 6 nitrogen and oxygen atoms in total. The SMILES string of the molecule is CN1C(=O)c2ccc(S(=O)(=O)N(C)Cc3ccccc3Cl)cc2C1=O. The van der Waals surface area contributed by atoms with Crippen molar-refractivity contribution in [3.05, 3.63) is 64.2 Å². The van der Waals surface area contributed by atoms with Crippen molar-refractivity contribution in [2.75, 3.05) is 14.1 Å². The average molecular weight is 379 g/mol. The number of hydrogen-bond acceptors (Lipinski definition) is 4. The zero-order valence-corrected chi connectivity index (χ0v) is 15.1. The molecule has 0 fully saturated rings. The van der Waals surface area contributed by atoms with E-state index in [0.29, 0.717) is 10.6 Å². The van der Waals surface area contributed by atoms with Crippen molar-refractivity contribution in [1.29, 1.82) is 0 Å². The minimum Gasteiger partial charge on any atom is -0.277 e. The Bertz CT molecular complexity index is 988. The van der Waals surface area contributed by atoms with Gasteiger partial charge in [-0.2, -0.15) is 4.31 Å². The number of nitrogens with zero attached hydrogens (tertiary/aromatic N) is 2. The fourth-order valence-corrected chi connectivity index (χ4v) is 4.00. The molecule has 0 atom stereocenters. The number of imide groups is 1. The number of fused-ring (bicyclic) bond motifs is 1. The average Bonchev–Trinajstić information content (AvgIpc) is 2.81. The van der Waals surface area contributed by atoms with Crippen LogP contribution < -0.4 is 0 Å². The third-order valence-corrected chi connectivity index (χ3v) is 6.29. The molecule has 8 heteroatoms. The third-order valence-electron chi connectivity index (χ3n) is 4.12. The predicted octanol–water partition coefficient (Wildman–Crippen LogP) is 2.39. The van der Waals surface area contributed by atoms with E-state index in [0.717, 1.165) is 9.21 Å². The van der Waals surface area contributed by atoms with Gasteiger partial charge in [0, 0.05) is 25.7 Å². The van der Waals surface area contributed by atoms with E-state index in [4.69, 9.17) is 11.6 Å². The molecule has 25 heavy (non-hydrogen) atoms. The molecule has 2 amide bonds. The van der Waals surface area contributed by atoms with Gasteiger partial charge in [0.15, 0.2) is 0 Å². The van der Waals surface area contributed by atoms with Gasteiger partial charge in [-0.1, -0.05) is 29.8 Å². The quantitative estimate of drug-likeness (QED) is 0.765. The number of amides is 2. The number of hydrogen-bond donors (Lipinski definition) is 0. The lowest BCUT2D eigenvalue weighted by atomic mass is 10.1. The summed E-state index contributed by atoms with van der Waals surface area (Å²) in [5.41, 5.74) is 0.974. The van der Waals surface area contributed by atoms with E-state index in [1.165, 1.54) is 32.3 Å². The molecule has 0 radical (unpaired) electrons. The molecule has 3 rings (SSSR count). The summed E-state index contributed by atoms with van der Waals surface area (Å²) in [5.74, 6) is -0.945. The standard InChI is InChI=1S/C17H15ClN2O4S/c1-19(10-11-5-3-4-6-15(11)18)25(23,24)12-7-8-13-14(9-12)17(22)20(2)16(13)21/h3-9H,10H2,1-2H3. The van der Waals surface area contributed by atoms with Crippen LogP contribution in [0.1, 0.15) is 26.3 Å². The number of carbonyl (C=O) groups is 2. The molecular weight excluding hydrogens is 364 g/mol. The summed E-state index contributed by atoms with van der Waals surface area (Å²) in [5, 5.41) is 0.473. The van der Waals surface area contributed by atoms with Crippen LogP contribution in [0.15, 0.2) is 47.4 Å². The normalized spacial score (nSPS) is 14.3. The first-order chi connectivity index (χ1) is 11.7.